The lowest BCUT2D eigenvalue weighted by Crippen LogP contribution is -2.24. The summed E-state index contributed by atoms with van der Waals surface area (Å²) in [4.78, 5) is 9.81. The van der Waals surface area contributed by atoms with Gasteiger partial charge in [0.1, 0.15) is 0 Å². The molecule has 10 heteroatoms. The molecule has 0 amide bonds. The van der Waals surface area contributed by atoms with Crippen LogP contribution in [0.15, 0.2) is 39.0 Å². The van der Waals surface area contributed by atoms with Crippen molar-refractivity contribution in [3.8, 4) is 0 Å². The summed E-state index contributed by atoms with van der Waals surface area (Å²) in [6.07, 6.45) is 0. The Balaban J connectivity index is 2.34. The van der Waals surface area contributed by atoms with Crippen molar-refractivity contribution in [1.82, 2.24) is 4.72 Å². The molecule has 1 heterocycles. The highest BCUT2D eigenvalue weighted by atomic mass is 79.9. The summed E-state index contributed by atoms with van der Waals surface area (Å²) >= 11 is 4.56. The third-order valence-corrected chi connectivity index (χ3v) is 5.89. The van der Waals surface area contributed by atoms with Crippen LogP contribution in [0.3, 0.4) is 0 Å². The van der Waals surface area contributed by atoms with Crippen LogP contribution in [0.2, 0.25) is 0 Å². The van der Waals surface area contributed by atoms with E-state index in [-0.39, 0.29) is 6.54 Å². The topological polar surface area (TPSA) is 89.3 Å². The van der Waals surface area contributed by atoms with Gasteiger partial charge in [-0.25, -0.2) is 13.1 Å². The number of rotatable bonds is 5. The summed E-state index contributed by atoms with van der Waals surface area (Å²) in [6, 6.07) is 4.69. The molecule has 0 unspecified atom stereocenters. The van der Waals surface area contributed by atoms with Crippen LogP contribution in [-0.4, -0.2) is 13.3 Å². The van der Waals surface area contributed by atoms with E-state index in [0.29, 0.717) is 4.88 Å². The molecule has 0 aliphatic carbocycles. The largest absolute Gasteiger partial charge is 0.324 e. The van der Waals surface area contributed by atoms with Crippen molar-refractivity contribution < 1.29 is 17.7 Å². The number of hydrogen-bond donors (Lipinski definition) is 1. The zero-order valence-electron chi connectivity index (χ0n) is 10.2. The summed E-state index contributed by atoms with van der Waals surface area (Å²) in [6.45, 7) is -0.0474. The summed E-state index contributed by atoms with van der Waals surface area (Å²) in [5.41, 5.74) is -1.06. The van der Waals surface area contributed by atoms with Crippen molar-refractivity contribution in [3.63, 3.8) is 0 Å². The van der Waals surface area contributed by atoms with E-state index in [1.807, 2.05) is 0 Å². The smallest absolute Gasteiger partial charge is 0.258 e. The highest BCUT2D eigenvalue weighted by molar-refractivity contribution is 9.10. The van der Waals surface area contributed by atoms with Crippen LogP contribution >= 0.6 is 27.3 Å². The minimum Gasteiger partial charge on any atom is -0.258 e. The number of halogens is 2. The first-order valence-electron chi connectivity index (χ1n) is 5.47. The minimum atomic E-state index is -4.20. The van der Waals surface area contributed by atoms with E-state index in [1.165, 1.54) is 11.3 Å². The molecule has 0 aliphatic heterocycles. The monoisotopic (exact) mass is 394 g/mol. The Morgan fingerprint density at radius 2 is 2.10 bits per heavy atom. The second-order valence-electron chi connectivity index (χ2n) is 3.86. The van der Waals surface area contributed by atoms with E-state index in [1.54, 1.807) is 11.4 Å². The van der Waals surface area contributed by atoms with Crippen molar-refractivity contribution in [2.75, 3.05) is 0 Å². The number of thiophene rings is 1. The second-order valence-corrected chi connectivity index (χ2v) is 7.45. The first kappa shape index (κ1) is 16.0. The number of nitrogens with zero attached hydrogens (tertiary/aromatic N) is 1. The van der Waals surface area contributed by atoms with E-state index in [9.17, 15) is 22.9 Å². The first-order valence-corrected chi connectivity index (χ1v) is 8.63. The number of sulfonamides is 1. The van der Waals surface area contributed by atoms with Gasteiger partial charge < -0.3 is 0 Å². The number of hydrogen-bond acceptors (Lipinski definition) is 5. The van der Waals surface area contributed by atoms with Crippen LogP contribution in [-0.2, 0) is 16.6 Å². The molecule has 2 aromatic rings. The van der Waals surface area contributed by atoms with Gasteiger partial charge in [0.15, 0.2) is 4.90 Å². The molecule has 2 rings (SSSR count). The molecular formula is C11H8BrFN2O4S2. The van der Waals surface area contributed by atoms with Crippen molar-refractivity contribution in [2.45, 2.75) is 11.4 Å². The van der Waals surface area contributed by atoms with Gasteiger partial charge in [-0.2, -0.15) is 4.39 Å². The maximum absolute atomic E-state index is 13.5. The van der Waals surface area contributed by atoms with Crippen LogP contribution in [0.25, 0.3) is 0 Å². The predicted octanol–water partition coefficient (Wildman–Crippen LogP) is 3.04. The number of para-hydroxylation sites is 1. The Labute approximate surface area is 131 Å². The van der Waals surface area contributed by atoms with Gasteiger partial charge in [0.05, 0.1) is 4.92 Å². The van der Waals surface area contributed by atoms with Crippen molar-refractivity contribution in [3.05, 3.63) is 54.9 Å². The highest BCUT2D eigenvalue weighted by Gasteiger charge is 2.29. The molecule has 0 bridgehead atoms. The predicted molar refractivity (Wildman–Crippen MR) is 79.1 cm³/mol. The van der Waals surface area contributed by atoms with E-state index in [4.69, 9.17) is 0 Å². The fourth-order valence-electron chi connectivity index (χ4n) is 1.58. The number of nitro groups is 1. The lowest BCUT2D eigenvalue weighted by atomic mass is 10.3. The van der Waals surface area contributed by atoms with Gasteiger partial charge in [-0.15, -0.1) is 11.3 Å². The second kappa shape index (κ2) is 6.18. The van der Waals surface area contributed by atoms with E-state index >= 15 is 0 Å². The van der Waals surface area contributed by atoms with Gasteiger partial charge in [-0.1, -0.05) is 6.07 Å². The van der Waals surface area contributed by atoms with Crippen LogP contribution in [0.4, 0.5) is 10.1 Å². The fraction of sp³-hybridized carbons (Fsp3) is 0.0909. The van der Waals surface area contributed by atoms with Gasteiger partial charge >= 0.3 is 5.69 Å². The summed E-state index contributed by atoms with van der Waals surface area (Å²) < 4.78 is 40.7. The summed E-state index contributed by atoms with van der Waals surface area (Å²) in [5.74, 6) is -1.19. The minimum absolute atomic E-state index is 0.0474. The Kier molecular flexibility index (Phi) is 4.71. The van der Waals surface area contributed by atoms with Gasteiger partial charge in [0, 0.05) is 15.9 Å². The Morgan fingerprint density at radius 1 is 1.38 bits per heavy atom. The molecule has 0 radical (unpaired) electrons. The lowest BCUT2D eigenvalue weighted by molar-refractivity contribution is -0.390. The van der Waals surface area contributed by atoms with Crippen LogP contribution in [0, 0.1) is 15.9 Å². The van der Waals surface area contributed by atoms with Gasteiger partial charge in [0.25, 0.3) is 0 Å². The standard InChI is InChI=1S/C11H8BrFN2O4S2/c12-7-4-5-20-9(7)6-14-21(18,19)10-3-1-2-8(13)11(10)15(16)17/h1-5,14H,6H2. The maximum atomic E-state index is 13.5. The summed E-state index contributed by atoms with van der Waals surface area (Å²) in [5, 5.41) is 12.6. The average Bonchev–Trinajstić information content (AvgIpc) is 2.81. The third-order valence-electron chi connectivity index (χ3n) is 2.54. The highest BCUT2D eigenvalue weighted by Crippen LogP contribution is 2.27. The molecule has 21 heavy (non-hydrogen) atoms. The molecule has 0 aliphatic rings. The van der Waals surface area contributed by atoms with Gasteiger partial charge in [-0.05, 0) is 39.5 Å². The van der Waals surface area contributed by atoms with E-state index in [2.05, 4.69) is 20.7 Å². The maximum Gasteiger partial charge on any atom is 0.324 e. The first-order chi connectivity index (χ1) is 9.83. The van der Waals surface area contributed by atoms with Crippen LogP contribution in [0.1, 0.15) is 4.88 Å². The molecule has 112 valence electrons. The zero-order chi connectivity index (χ0) is 15.6. The van der Waals surface area contributed by atoms with E-state index in [0.717, 1.165) is 22.7 Å². The molecule has 1 N–H and O–H groups in total. The Bertz CT molecular complexity index is 791. The molecule has 1 aromatic heterocycles. The molecule has 0 spiro atoms. The summed E-state index contributed by atoms with van der Waals surface area (Å²) in [7, 11) is -4.20. The Hall–Kier alpha value is -1.36. The molecule has 6 nitrogen and oxygen atoms in total. The molecule has 1 aromatic carbocycles. The third kappa shape index (κ3) is 3.46. The normalized spacial score (nSPS) is 11.5. The molecule has 0 saturated heterocycles. The van der Waals surface area contributed by atoms with Crippen molar-refractivity contribution >= 4 is 43.0 Å². The van der Waals surface area contributed by atoms with Crippen molar-refractivity contribution in [1.29, 1.82) is 0 Å². The SMILES string of the molecule is O=[N+]([O-])c1c(F)cccc1S(=O)(=O)NCc1sccc1Br. The number of nitro benzene ring substituents is 1. The fourth-order valence-corrected chi connectivity index (χ4v) is 4.28. The molecule has 0 saturated carbocycles. The number of benzene rings is 1. The molecule has 0 atom stereocenters. The lowest BCUT2D eigenvalue weighted by Gasteiger charge is -2.07. The van der Waals surface area contributed by atoms with Gasteiger partial charge in [-0.3, -0.25) is 10.1 Å². The Morgan fingerprint density at radius 3 is 2.67 bits per heavy atom. The zero-order valence-corrected chi connectivity index (χ0v) is 13.5. The van der Waals surface area contributed by atoms with E-state index < -0.39 is 31.3 Å². The molecule has 0 fully saturated rings. The quantitative estimate of drug-likeness (QED) is 0.623. The van der Waals surface area contributed by atoms with Crippen LogP contribution < -0.4 is 4.72 Å². The average molecular weight is 395 g/mol. The molecular weight excluding hydrogens is 387 g/mol. The number of nitrogens with one attached hydrogen (secondary N) is 1. The van der Waals surface area contributed by atoms with Gasteiger partial charge in [0.2, 0.25) is 15.8 Å². The van der Waals surface area contributed by atoms with Crippen LogP contribution in [0.5, 0.6) is 0 Å². The van der Waals surface area contributed by atoms with Crippen molar-refractivity contribution in [2.24, 2.45) is 0 Å².